The number of rotatable bonds is 8. The Hall–Kier alpha value is -3.28. The van der Waals surface area contributed by atoms with Crippen molar-refractivity contribution in [3.63, 3.8) is 0 Å². The second kappa shape index (κ2) is 9.28. The first-order valence-corrected chi connectivity index (χ1v) is 9.66. The van der Waals surface area contributed by atoms with Crippen LogP contribution in [0.3, 0.4) is 0 Å². The van der Waals surface area contributed by atoms with Crippen molar-refractivity contribution >= 4 is 28.2 Å². The number of anilines is 2. The van der Waals surface area contributed by atoms with Crippen molar-refractivity contribution < 1.29 is 19.0 Å². The van der Waals surface area contributed by atoms with Gasteiger partial charge in [-0.25, -0.2) is 4.79 Å². The third-order valence-corrected chi connectivity index (χ3v) is 4.28. The predicted molar refractivity (Wildman–Crippen MR) is 114 cm³/mol. The van der Waals surface area contributed by atoms with Crippen molar-refractivity contribution in [1.82, 2.24) is 4.98 Å². The van der Waals surface area contributed by atoms with Gasteiger partial charge < -0.3 is 19.5 Å². The Bertz CT molecular complexity index is 984. The fourth-order valence-corrected chi connectivity index (χ4v) is 2.90. The van der Waals surface area contributed by atoms with Crippen LogP contribution in [-0.4, -0.2) is 31.3 Å². The molecule has 6 heteroatoms. The van der Waals surface area contributed by atoms with E-state index in [-0.39, 0.29) is 6.61 Å². The molecule has 0 aliphatic heterocycles. The highest BCUT2D eigenvalue weighted by atomic mass is 16.5. The lowest BCUT2D eigenvalue weighted by Gasteiger charge is -2.16. The summed E-state index contributed by atoms with van der Waals surface area (Å²) in [5.41, 5.74) is 2.49. The smallest absolute Gasteiger partial charge is 0.341 e. The molecule has 0 bridgehead atoms. The Labute approximate surface area is 170 Å². The summed E-state index contributed by atoms with van der Waals surface area (Å²) in [7, 11) is 1.60. The van der Waals surface area contributed by atoms with E-state index in [1.807, 2.05) is 42.5 Å². The van der Waals surface area contributed by atoms with Gasteiger partial charge in [-0.05, 0) is 43.2 Å². The number of esters is 1. The van der Waals surface area contributed by atoms with Crippen molar-refractivity contribution in [2.45, 2.75) is 20.8 Å². The van der Waals surface area contributed by atoms with Gasteiger partial charge in [0.2, 0.25) is 0 Å². The second-order valence-electron chi connectivity index (χ2n) is 6.98. The number of fused-ring (bicyclic) bond motifs is 1. The molecule has 0 saturated heterocycles. The summed E-state index contributed by atoms with van der Waals surface area (Å²) in [6.07, 6.45) is 1.52. The standard InChI is InChI=1S/C23H26N2O4/c1-5-28-23(26)19-13-24-22-18(7-6-8-20(22)27-4)21(19)25-16-9-11-17(12-10-16)29-14-15(2)3/h6-13,15H,5,14H2,1-4H3,(H,24,25). The number of nitrogens with zero attached hydrogens (tertiary/aromatic N) is 1. The van der Waals surface area contributed by atoms with E-state index in [4.69, 9.17) is 14.2 Å². The van der Waals surface area contributed by atoms with Crippen molar-refractivity contribution in [3.05, 3.63) is 54.2 Å². The van der Waals surface area contributed by atoms with E-state index in [1.54, 1.807) is 14.0 Å². The molecule has 0 fully saturated rings. The molecule has 0 saturated carbocycles. The number of nitrogens with one attached hydrogen (secondary N) is 1. The monoisotopic (exact) mass is 394 g/mol. The zero-order valence-electron chi connectivity index (χ0n) is 17.2. The van der Waals surface area contributed by atoms with Gasteiger partial charge in [-0.2, -0.15) is 0 Å². The average molecular weight is 394 g/mol. The van der Waals surface area contributed by atoms with Crippen LogP contribution >= 0.6 is 0 Å². The fourth-order valence-electron chi connectivity index (χ4n) is 2.90. The maximum Gasteiger partial charge on any atom is 0.341 e. The lowest BCUT2D eigenvalue weighted by Crippen LogP contribution is -2.09. The number of hydrogen-bond donors (Lipinski definition) is 1. The summed E-state index contributed by atoms with van der Waals surface area (Å²) in [6.45, 7) is 6.94. The van der Waals surface area contributed by atoms with E-state index in [9.17, 15) is 4.79 Å². The molecule has 0 aliphatic carbocycles. The minimum absolute atomic E-state index is 0.288. The van der Waals surface area contributed by atoms with Crippen LogP contribution in [0.4, 0.5) is 11.4 Å². The maximum absolute atomic E-state index is 12.5. The maximum atomic E-state index is 12.5. The zero-order chi connectivity index (χ0) is 20.8. The molecule has 152 valence electrons. The van der Waals surface area contributed by atoms with Crippen LogP contribution in [0.5, 0.6) is 11.5 Å². The van der Waals surface area contributed by atoms with E-state index in [0.717, 1.165) is 16.8 Å². The summed E-state index contributed by atoms with van der Waals surface area (Å²) in [5.74, 6) is 1.47. The summed E-state index contributed by atoms with van der Waals surface area (Å²) in [6, 6.07) is 13.2. The Morgan fingerprint density at radius 3 is 2.55 bits per heavy atom. The van der Waals surface area contributed by atoms with Gasteiger partial charge >= 0.3 is 5.97 Å². The van der Waals surface area contributed by atoms with Crippen LogP contribution in [0.15, 0.2) is 48.7 Å². The third kappa shape index (κ3) is 4.77. The number of benzene rings is 2. The van der Waals surface area contributed by atoms with Crippen LogP contribution in [-0.2, 0) is 4.74 Å². The molecule has 1 aromatic heterocycles. The zero-order valence-corrected chi connectivity index (χ0v) is 17.2. The quantitative estimate of drug-likeness (QED) is 0.530. The SMILES string of the molecule is CCOC(=O)c1cnc2c(OC)cccc2c1Nc1ccc(OCC(C)C)cc1. The van der Waals surface area contributed by atoms with E-state index in [2.05, 4.69) is 24.1 Å². The Balaban J connectivity index is 1.99. The van der Waals surface area contributed by atoms with Gasteiger partial charge in [0.05, 0.1) is 26.0 Å². The molecule has 0 atom stereocenters. The third-order valence-electron chi connectivity index (χ3n) is 4.28. The first-order chi connectivity index (χ1) is 14.0. The average Bonchev–Trinajstić information content (AvgIpc) is 2.73. The van der Waals surface area contributed by atoms with E-state index in [1.165, 1.54) is 6.20 Å². The van der Waals surface area contributed by atoms with Crippen molar-refractivity contribution in [2.75, 3.05) is 25.6 Å². The highest BCUT2D eigenvalue weighted by Crippen LogP contribution is 2.34. The van der Waals surface area contributed by atoms with Gasteiger partial charge in [-0.1, -0.05) is 26.0 Å². The van der Waals surface area contributed by atoms with E-state index >= 15 is 0 Å². The van der Waals surface area contributed by atoms with Crippen LogP contribution in [0.2, 0.25) is 0 Å². The fraction of sp³-hybridized carbons (Fsp3) is 0.304. The molecule has 0 radical (unpaired) electrons. The molecule has 0 unspecified atom stereocenters. The number of hydrogen-bond acceptors (Lipinski definition) is 6. The van der Waals surface area contributed by atoms with Gasteiger partial charge in [0.1, 0.15) is 22.6 Å². The summed E-state index contributed by atoms with van der Waals surface area (Å²) >= 11 is 0. The number of methoxy groups -OCH3 is 1. The minimum Gasteiger partial charge on any atom is -0.494 e. The summed E-state index contributed by atoms with van der Waals surface area (Å²) < 4.78 is 16.4. The van der Waals surface area contributed by atoms with Gasteiger partial charge in [-0.3, -0.25) is 4.98 Å². The molecular weight excluding hydrogens is 368 g/mol. The summed E-state index contributed by atoms with van der Waals surface area (Å²) in [5, 5.41) is 4.12. The Kier molecular flexibility index (Phi) is 6.54. The molecule has 1 N–H and O–H groups in total. The molecule has 0 amide bonds. The number of pyridine rings is 1. The van der Waals surface area contributed by atoms with Crippen LogP contribution in [0.25, 0.3) is 10.9 Å². The molecule has 6 nitrogen and oxygen atoms in total. The second-order valence-corrected chi connectivity index (χ2v) is 6.98. The summed E-state index contributed by atoms with van der Waals surface area (Å²) in [4.78, 5) is 16.9. The van der Waals surface area contributed by atoms with Gasteiger partial charge in [-0.15, -0.1) is 0 Å². The Morgan fingerprint density at radius 1 is 1.14 bits per heavy atom. The number of carbonyl (C=O) groups is 1. The molecule has 0 spiro atoms. The van der Waals surface area contributed by atoms with Gasteiger partial charge in [0, 0.05) is 17.3 Å². The van der Waals surface area contributed by atoms with Crippen LogP contribution in [0, 0.1) is 5.92 Å². The predicted octanol–water partition coefficient (Wildman–Crippen LogP) is 5.20. The van der Waals surface area contributed by atoms with Gasteiger partial charge in [0.25, 0.3) is 0 Å². The number of carbonyl (C=O) groups excluding carboxylic acids is 1. The largest absolute Gasteiger partial charge is 0.494 e. The lowest BCUT2D eigenvalue weighted by atomic mass is 10.1. The first kappa shape index (κ1) is 20.5. The number of para-hydroxylation sites is 1. The normalized spacial score (nSPS) is 10.8. The molecule has 2 aromatic carbocycles. The lowest BCUT2D eigenvalue weighted by molar-refractivity contribution is 0.0527. The highest BCUT2D eigenvalue weighted by molar-refractivity contribution is 6.07. The van der Waals surface area contributed by atoms with E-state index in [0.29, 0.717) is 35.0 Å². The van der Waals surface area contributed by atoms with Crippen molar-refractivity contribution in [3.8, 4) is 11.5 Å². The number of aromatic nitrogens is 1. The molecule has 1 heterocycles. The van der Waals surface area contributed by atoms with Crippen molar-refractivity contribution in [2.24, 2.45) is 5.92 Å². The molecule has 29 heavy (non-hydrogen) atoms. The topological polar surface area (TPSA) is 69.7 Å². The van der Waals surface area contributed by atoms with Gasteiger partial charge in [0.15, 0.2) is 0 Å². The number of ether oxygens (including phenoxy) is 3. The molecular formula is C23H26N2O4. The van der Waals surface area contributed by atoms with Crippen molar-refractivity contribution in [1.29, 1.82) is 0 Å². The molecule has 3 rings (SSSR count). The van der Waals surface area contributed by atoms with E-state index < -0.39 is 5.97 Å². The Morgan fingerprint density at radius 2 is 1.90 bits per heavy atom. The highest BCUT2D eigenvalue weighted by Gasteiger charge is 2.18. The molecule has 3 aromatic rings. The van der Waals surface area contributed by atoms with Crippen LogP contribution < -0.4 is 14.8 Å². The first-order valence-electron chi connectivity index (χ1n) is 9.66. The minimum atomic E-state index is -0.427. The van der Waals surface area contributed by atoms with Crippen LogP contribution in [0.1, 0.15) is 31.1 Å². The molecule has 0 aliphatic rings.